The molecule has 110 valence electrons. The number of benzene rings is 2. The second-order valence-electron chi connectivity index (χ2n) is 4.71. The fourth-order valence-corrected chi connectivity index (χ4v) is 1.96. The number of anilines is 1. The predicted octanol–water partition coefficient (Wildman–Crippen LogP) is 2.95. The van der Waals surface area contributed by atoms with Crippen molar-refractivity contribution in [1.82, 2.24) is 0 Å². The van der Waals surface area contributed by atoms with Gasteiger partial charge in [-0.15, -0.1) is 0 Å². The minimum Gasteiger partial charge on any atom is -0.497 e. The molecule has 0 unspecified atom stereocenters. The van der Waals surface area contributed by atoms with Crippen molar-refractivity contribution in [1.29, 1.82) is 0 Å². The second kappa shape index (κ2) is 7.33. The Kier molecular flexibility index (Phi) is 5.21. The standard InChI is InChI=1S/C17H19NO3/c1-20-15-9-6-13(7-10-15)12-21-17(19)11-8-14-4-2-3-5-16(14)18/h2-7,9-10H,8,11-12,18H2,1H3. The van der Waals surface area contributed by atoms with Crippen molar-refractivity contribution >= 4 is 11.7 Å². The zero-order valence-corrected chi connectivity index (χ0v) is 12.0. The molecule has 2 aromatic carbocycles. The first-order valence-electron chi connectivity index (χ1n) is 6.81. The molecular formula is C17H19NO3. The summed E-state index contributed by atoms with van der Waals surface area (Å²) in [5, 5.41) is 0. The first kappa shape index (κ1) is 14.9. The van der Waals surface area contributed by atoms with Crippen LogP contribution < -0.4 is 10.5 Å². The van der Waals surface area contributed by atoms with E-state index in [-0.39, 0.29) is 12.6 Å². The van der Waals surface area contributed by atoms with Gasteiger partial charge in [-0.25, -0.2) is 0 Å². The molecule has 4 heteroatoms. The molecule has 0 spiro atoms. The topological polar surface area (TPSA) is 61.5 Å². The number of ether oxygens (including phenoxy) is 2. The molecule has 0 aromatic heterocycles. The maximum atomic E-state index is 11.7. The lowest BCUT2D eigenvalue weighted by molar-refractivity contribution is -0.144. The van der Waals surface area contributed by atoms with Crippen molar-refractivity contribution in [2.75, 3.05) is 12.8 Å². The molecule has 0 radical (unpaired) electrons. The minimum atomic E-state index is -0.228. The molecule has 0 fully saturated rings. The highest BCUT2D eigenvalue weighted by Gasteiger charge is 2.06. The molecule has 0 aliphatic heterocycles. The van der Waals surface area contributed by atoms with Gasteiger partial charge >= 0.3 is 5.97 Å². The monoisotopic (exact) mass is 285 g/mol. The van der Waals surface area contributed by atoms with Crippen LogP contribution in [0.25, 0.3) is 0 Å². The number of nitrogens with two attached hydrogens (primary N) is 1. The fraction of sp³-hybridized carbons (Fsp3) is 0.235. The van der Waals surface area contributed by atoms with Gasteiger partial charge in [-0.3, -0.25) is 4.79 Å². The summed E-state index contributed by atoms with van der Waals surface area (Å²) in [5.41, 5.74) is 8.45. The average molecular weight is 285 g/mol. The summed E-state index contributed by atoms with van der Waals surface area (Å²) >= 11 is 0. The van der Waals surface area contributed by atoms with Crippen molar-refractivity contribution in [3.63, 3.8) is 0 Å². The number of hydrogen-bond donors (Lipinski definition) is 1. The van der Waals surface area contributed by atoms with Crippen LogP contribution in [0.5, 0.6) is 5.75 Å². The van der Waals surface area contributed by atoms with Gasteiger partial charge in [0.05, 0.1) is 7.11 Å². The van der Waals surface area contributed by atoms with Gasteiger partial charge in [0.1, 0.15) is 12.4 Å². The molecule has 0 heterocycles. The maximum Gasteiger partial charge on any atom is 0.306 e. The smallest absolute Gasteiger partial charge is 0.306 e. The van der Waals surface area contributed by atoms with E-state index in [1.54, 1.807) is 7.11 Å². The number of carbonyl (C=O) groups excluding carboxylic acids is 1. The molecule has 0 bridgehead atoms. The Hall–Kier alpha value is -2.49. The van der Waals surface area contributed by atoms with Crippen LogP contribution in [0.3, 0.4) is 0 Å². The van der Waals surface area contributed by atoms with Gasteiger partial charge in [0.15, 0.2) is 0 Å². The summed E-state index contributed by atoms with van der Waals surface area (Å²) in [6.45, 7) is 0.271. The van der Waals surface area contributed by atoms with Gasteiger partial charge in [0.2, 0.25) is 0 Å². The van der Waals surface area contributed by atoms with Crippen LogP contribution in [0, 0.1) is 0 Å². The quantitative estimate of drug-likeness (QED) is 0.654. The summed E-state index contributed by atoms with van der Waals surface area (Å²) in [7, 11) is 1.62. The lowest BCUT2D eigenvalue weighted by Gasteiger charge is -2.07. The third-order valence-corrected chi connectivity index (χ3v) is 3.21. The number of hydrogen-bond acceptors (Lipinski definition) is 4. The number of methoxy groups -OCH3 is 1. The largest absolute Gasteiger partial charge is 0.497 e. The van der Waals surface area contributed by atoms with E-state index in [1.807, 2.05) is 48.5 Å². The Morgan fingerprint density at radius 3 is 2.48 bits per heavy atom. The molecule has 0 atom stereocenters. The summed E-state index contributed by atoms with van der Waals surface area (Å²) in [6.07, 6.45) is 0.915. The van der Waals surface area contributed by atoms with Gasteiger partial charge in [-0.05, 0) is 35.7 Å². The van der Waals surface area contributed by atoms with Crippen molar-refractivity contribution in [3.8, 4) is 5.75 Å². The number of nitrogen functional groups attached to an aromatic ring is 1. The van der Waals surface area contributed by atoms with Gasteiger partial charge in [-0.1, -0.05) is 30.3 Å². The Morgan fingerprint density at radius 2 is 1.81 bits per heavy atom. The highest BCUT2D eigenvalue weighted by molar-refractivity contribution is 5.70. The number of para-hydroxylation sites is 1. The molecule has 0 saturated carbocycles. The molecular weight excluding hydrogens is 266 g/mol. The first-order valence-corrected chi connectivity index (χ1v) is 6.81. The number of aryl methyl sites for hydroxylation is 1. The number of carbonyl (C=O) groups is 1. The van der Waals surface area contributed by atoms with E-state index in [0.717, 1.165) is 16.9 Å². The molecule has 4 nitrogen and oxygen atoms in total. The van der Waals surface area contributed by atoms with Crippen LogP contribution in [0.4, 0.5) is 5.69 Å². The third kappa shape index (κ3) is 4.53. The maximum absolute atomic E-state index is 11.7. The zero-order valence-electron chi connectivity index (χ0n) is 12.0. The number of esters is 1. The van der Waals surface area contributed by atoms with Crippen LogP contribution in [0.1, 0.15) is 17.5 Å². The fourth-order valence-electron chi connectivity index (χ4n) is 1.96. The molecule has 0 aliphatic rings. The van der Waals surface area contributed by atoms with E-state index in [2.05, 4.69) is 0 Å². The summed E-state index contributed by atoms with van der Waals surface area (Å²) in [4.78, 5) is 11.7. The number of rotatable bonds is 6. The lowest BCUT2D eigenvalue weighted by Crippen LogP contribution is -2.06. The Labute approximate surface area is 124 Å². The predicted molar refractivity (Wildman–Crippen MR) is 82.0 cm³/mol. The summed E-state index contributed by atoms with van der Waals surface area (Å²) in [5.74, 6) is 0.554. The van der Waals surface area contributed by atoms with Gasteiger partial charge in [0, 0.05) is 12.1 Å². The zero-order chi connectivity index (χ0) is 15.1. The van der Waals surface area contributed by atoms with Crippen molar-refractivity contribution in [2.24, 2.45) is 0 Å². The van der Waals surface area contributed by atoms with Crippen molar-refractivity contribution in [2.45, 2.75) is 19.4 Å². The van der Waals surface area contributed by atoms with Crippen molar-refractivity contribution in [3.05, 3.63) is 59.7 Å². The van der Waals surface area contributed by atoms with Gasteiger partial charge in [-0.2, -0.15) is 0 Å². The molecule has 0 aliphatic carbocycles. The lowest BCUT2D eigenvalue weighted by atomic mass is 10.1. The minimum absolute atomic E-state index is 0.228. The third-order valence-electron chi connectivity index (χ3n) is 3.21. The Balaban J connectivity index is 1.78. The SMILES string of the molecule is COc1ccc(COC(=O)CCc2ccccc2N)cc1. The summed E-state index contributed by atoms with van der Waals surface area (Å²) < 4.78 is 10.3. The first-order chi connectivity index (χ1) is 10.2. The van der Waals surface area contributed by atoms with E-state index in [0.29, 0.717) is 18.5 Å². The van der Waals surface area contributed by atoms with Gasteiger partial charge < -0.3 is 15.2 Å². The molecule has 0 amide bonds. The molecule has 2 rings (SSSR count). The van der Waals surface area contributed by atoms with E-state index < -0.39 is 0 Å². The van der Waals surface area contributed by atoms with E-state index in [1.165, 1.54) is 0 Å². The van der Waals surface area contributed by atoms with Crippen LogP contribution in [0.2, 0.25) is 0 Å². The van der Waals surface area contributed by atoms with Crippen LogP contribution >= 0.6 is 0 Å². The van der Waals surface area contributed by atoms with Crippen LogP contribution in [0.15, 0.2) is 48.5 Å². The molecule has 2 aromatic rings. The van der Waals surface area contributed by atoms with E-state index >= 15 is 0 Å². The van der Waals surface area contributed by atoms with E-state index in [9.17, 15) is 4.79 Å². The summed E-state index contributed by atoms with van der Waals surface area (Å²) in [6, 6.07) is 15.0. The molecule has 21 heavy (non-hydrogen) atoms. The highest BCUT2D eigenvalue weighted by Crippen LogP contribution is 2.14. The van der Waals surface area contributed by atoms with Crippen LogP contribution in [-0.2, 0) is 22.6 Å². The van der Waals surface area contributed by atoms with Crippen molar-refractivity contribution < 1.29 is 14.3 Å². The molecule has 2 N–H and O–H groups in total. The Morgan fingerprint density at radius 1 is 1.10 bits per heavy atom. The van der Waals surface area contributed by atoms with Crippen LogP contribution in [-0.4, -0.2) is 13.1 Å². The average Bonchev–Trinajstić information content (AvgIpc) is 2.52. The normalized spacial score (nSPS) is 10.1. The molecule has 0 saturated heterocycles. The Bertz CT molecular complexity index is 593. The highest BCUT2D eigenvalue weighted by atomic mass is 16.5. The second-order valence-corrected chi connectivity index (χ2v) is 4.71. The van der Waals surface area contributed by atoms with E-state index in [4.69, 9.17) is 15.2 Å². The van der Waals surface area contributed by atoms with Gasteiger partial charge in [0.25, 0.3) is 0 Å².